The van der Waals surface area contributed by atoms with Crippen molar-refractivity contribution >= 4 is 45.6 Å². The SMILES string of the molecule is Nc1c([N+](=O)[O-])ccc(F)c1C(=O)Nc1cccc(I)c1. The van der Waals surface area contributed by atoms with Crippen LogP contribution in [0.15, 0.2) is 36.4 Å². The summed E-state index contributed by atoms with van der Waals surface area (Å²) in [6, 6.07) is 8.59. The average Bonchev–Trinajstić information content (AvgIpc) is 2.38. The molecule has 2 rings (SSSR count). The van der Waals surface area contributed by atoms with Crippen LogP contribution in [0.25, 0.3) is 0 Å². The van der Waals surface area contributed by atoms with Crippen molar-refractivity contribution in [3.8, 4) is 0 Å². The number of rotatable bonds is 3. The molecule has 0 heterocycles. The van der Waals surface area contributed by atoms with Gasteiger partial charge in [0.1, 0.15) is 17.1 Å². The molecule has 0 radical (unpaired) electrons. The van der Waals surface area contributed by atoms with Gasteiger partial charge in [-0.2, -0.15) is 0 Å². The van der Waals surface area contributed by atoms with E-state index in [1.807, 2.05) is 6.07 Å². The number of nitrogens with zero attached hydrogens (tertiary/aromatic N) is 1. The summed E-state index contributed by atoms with van der Waals surface area (Å²) in [6.45, 7) is 0. The summed E-state index contributed by atoms with van der Waals surface area (Å²) >= 11 is 2.05. The predicted molar refractivity (Wildman–Crippen MR) is 84.6 cm³/mol. The monoisotopic (exact) mass is 401 g/mol. The lowest BCUT2D eigenvalue weighted by Gasteiger charge is -2.09. The predicted octanol–water partition coefficient (Wildman–Crippen LogP) is 3.17. The van der Waals surface area contributed by atoms with E-state index in [0.29, 0.717) is 5.69 Å². The number of anilines is 2. The molecule has 0 saturated heterocycles. The molecule has 0 atom stereocenters. The van der Waals surface area contributed by atoms with Gasteiger partial charge in [-0.15, -0.1) is 0 Å². The Morgan fingerprint density at radius 2 is 2.05 bits per heavy atom. The van der Waals surface area contributed by atoms with E-state index >= 15 is 0 Å². The third kappa shape index (κ3) is 3.27. The molecule has 0 unspecified atom stereocenters. The van der Waals surface area contributed by atoms with Crippen molar-refractivity contribution in [3.05, 3.63) is 61.5 Å². The van der Waals surface area contributed by atoms with Crippen molar-refractivity contribution in [1.29, 1.82) is 0 Å². The molecule has 8 heteroatoms. The fourth-order valence-corrected chi connectivity index (χ4v) is 2.27. The molecule has 0 fully saturated rings. The molecule has 0 bridgehead atoms. The van der Waals surface area contributed by atoms with Gasteiger partial charge < -0.3 is 11.1 Å². The van der Waals surface area contributed by atoms with Crippen LogP contribution in [0.2, 0.25) is 0 Å². The maximum absolute atomic E-state index is 13.8. The van der Waals surface area contributed by atoms with E-state index in [0.717, 1.165) is 15.7 Å². The second-order valence-corrected chi connectivity index (χ2v) is 5.32. The van der Waals surface area contributed by atoms with Crippen molar-refractivity contribution < 1.29 is 14.1 Å². The van der Waals surface area contributed by atoms with Crippen LogP contribution in [0.4, 0.5) is 21.5 Å². The van der Waals surface area contributed by atoms with Gasteiger partial charge in [-0.3, -0.25) is 14.9 Å². The topological polar surface area (TPSA) is 98.3 Å². The van der Waals surface area contributed by atoms with E-state index in [1.54, 1.807) is 18.2 Å². The Hall–Kier alpha value is -2.23. The summed E-state index contributed by atoms with van der Waals surface area (Å²) in [7, 11) is 0. The zero-order valence-corrected chi connectivity index (χ0v) is 12.6. The number of nitrogen functional groups attached to an aromatic ring is 1. The molecule has 0 aliphatic carbocycles. The second-order valence-electron chi connectivity index (χ2n) is 4.08. The molecule has 1 amide bonds. The van der Waals surface area contributed by atoms with Gasteiger partial charge in [-0.05, 0) is 46.9 Å². The summed E-state index contributed by atoms with van der Waals surface area (Å²) in [6.07, 6.45) is 0. The van der Waals surface area contributed by atoms with Crippen LogP contribution >= 0.6 is 22.6 Å². The summed E-state index contributed by atoms with van der Waals surface area (Å²) in [4.78, 5) is 22.1. The van der Waals surface area contributed by atoms with Gasteiger partial charge >= 0.3 is 0 Å². The van der Waals surface area contributed by atoms with Crippen LogP contribution in [-0.4, -0.2) is 10.8 Å². The summed E-state index contributed by atoms with van der Waals surface area (Å²) in [5, 5.41) is 13.2. The highest BCUT2D eigenvalue weighted by Gasteiger charge is 2.23. The van der Waals surface area contributed by atoms with E-state index in [-0.39, 0.29) is 0 Å². The van der Waals surface area contributed by atoms with Crippen LogP contribution in [0.5, 0.6) is 0 Å². The Bertz CT molecular complexity index is 737. The van der Waals surface area contributed by atoms with Gasteiger partial charge in [0, 0.05) is 15.3 Å². The minimum atomic E-state index is -0.916. The Labute approximate surface area is 132 Å². The zero-order valence-electron chi connectivity index (χ0n) is 10.5. The number of carbonyl (C=O) groups is 1. The van der Waals surface area contributed by atoms with Crippen molar-refractivity contribution in [2.75, 3.05) is 11.1 Å². The highest BCUT2D eigenvalue weighted by Crippen LogP contribution is 2.28. The molecular weight excluding hydrogens is 392 g/mol. The number of carbonyl (C=O) groups excluding carboxylic acids is 1. The summed E-state index contributed by atoms with van der Waals surface area (Å²) in [5.41, 5.74) is 4.42. The average molecular weight is 401 g/mol. The summed E-state index contributed by atoms with van der Waals surface area (Å²) in [5.74, 6) is -1.75. The van der Waals surface area contributed by atoms with Crippen molar-refractivity contribution in [1.82, 2.24) is 0 Å². The Morgan fingerprint density at radius 1 is 1.33 bits per heavy atom. The van der Waals surface area contributed by atoms with Gasteiger partial charge in [0.05, 0.1) is 4.92 Å². The number of nitrogens with one attached hydrogen (secondary N) is 1. The van der Waals surface area contributed by atoms with Crippen LogP contribution in [0.1, 0.15) is 10.4 Å². The lowest BCUT2D eigenvalue weighted by Crippen LogP contribution is -2.17. The molecule has 2 aromatic rings. The second kappa shape index (κ2) is 6.04. The third-order valence-corrected chi connectivity index (χ3v) is 3.35. The fraction of sp³-hybridized carbons (Fsp3) is 0. The smallest absolute Gasteiger partial charge is 0.293 e. The number of benzene rings is 2. The van der Waals surface area contributed by atoms with E-state index in [2.05, 4.69) is 27.9 Å². The van der Waals surface area contributed by atoms with Crippen LogP contribution in [0, 0.1) is 19.5 Å². The van der Waals surface area contributed by atoms with E-state index < -0.39 is 33.6 Å². The molecule has 0 spiro atoms. The molecule has 3 N–H and O–H groups in total. The Kier molecular flexibility index (Phi) is 4.36. The molecule has 21 heavy (non-hydrogen) atoms. The first-order valence-corrected chi connectivity index (χ1v) is 6.77. The van der Waals surface area contributed by atoms with Gasteiger partial charge in [-0.25, -0.2) is 4.39 Å². The first-order valence-electron chi connectivity index (χ1n) is 5.69. The van der Waals surface area contributed by atoms with Gasteiger partial charge in [-0.1, -0.05) is 6.07 Å². The maximum Gasteiger partial charge on any atom is 0.293 e. The zero-order chi connectivity index (χ0) is 15.6. The van der Waals surface area contributed by atoms with Crippen LogP contribution in [-0.2, 0) is 0 Å². The quantitative estimate of drug-likeness (QED) is 0.357. The first kappa shape index (κ1) is 15.2. The first-order chi connectivity index (χ1) is 9.90. The molecular formula is C13H9FIN3O3. The molecule has 0 aliphatic heterocycles. The maximum atomic E-state index is 13.8. The number of nitro groups is 1. The number of hydrogen-bond acceptors (Lipinski definition) is 4. The van der Waals surface area contributed by atoms with E-state index in [4.69, 9.17) is 5.73 Å². The van der Waals surface area contributed by atoms with E-state index in [1.165, 1.54) is 0 Å². The lowest BCUT2D eigenvalue weighted by atomic mass is 10.1. The van der Waals surface area contributed by atoms with Crippen molar-refractivity contribution in [2.24, 2.45) is 0 Å². The number of amides is 1. The normalized spacial score (nSPS) is 10.2. The van der Waals surface area contributed by atoms with Crippen molar-refractivity contribution in [2.45, 2.75) is 0 Å². The standard InChI is InChI=1S/C13H9FIN3O3/c14-9-4-5-10(18(20)21)12(16)11(9)13(19)17-8-3-1-2-7(15)6-8/h1-6H,16H2,(H,17,19). The molecule has 2 aromatic carbocycles. The molecule has 0 aliphatic rings. The van der Waals surface area contributed by atoms with Crippen LogP contribution in [0.3, 0.4) is 0 Å². The highest BCUT2D eigenvalue weighted by molar-refractivity contribution is 14.1. The minimum absolute atomic E-state index is 0.442. The van der Waals surface area contributed by atoms with Crippen LogP contribution < -0.4 is 11.1 Å². The van der Waals surface area contributed by atoms with Gasteiger partial charge in [0.2, 0.25) is 0 Å². The fourth-order valence-electron chi connectivity index (χ4n) is 1.73. The number of hydrogen-bond donors (Lipinski definition) is 2. The van der Waals surface area contributed by atoms with Gasteiger partial charge in [0.15, 0.2) is 0 Å². The third-order valence-electron chi connectivity index (χ3n) is 2.68. The Morgan fingerprint density at radius 3 is 2.67 bits per heavy atom. The molecule has 108 valence electrons. The number of nitro benzene ring substituents is 1. The van der Waals surface area contributed by atoms with Gasteiger partial charge in [0.25, 0.3) is 11.6 Å². The molecule has 6 nitrogen and oxygen atoms in total. The largest absolute Gasteiger partial charge is 0.392 e. The number of nitrogens with two attached hydrogens (primary N) is 1. The van der Waals surface area contributed by atoms with E-state index in [9.17, 15) is 19.3 Å². The van der Waals surface area contributed by atoms with Crippen molar-refractivity contribution in [3.63, 3.8) is 0 Å². The lowest BCUT2D eigenvalue weighted by molar-refractivity contribution is -0.384. The minimum Gasteiger partial charge on any atom is -0.392 e. The number of halogens is 2. The summed E-state index contributed by atoms with van der Waals surface area (Å²) < 4.78 is 14.6. The Balaban J connectivity index is 2.39. The highest BCUT2D eigenvalue weighted by atomic mass is 127. The molecule has 0 saturated carbocycles. The molecule has 0 aromatic heterocycles.